The van der Waals surface area contributed by atoms with Crippen LogP contribution in [0.25, 0.3) is 0 Å². The zero-order valence-electron chi connectivity index (χ0n) is 75.9. The Kier molecular flexibility index (Phi) is 28.9. The minimum Gasteiger partial charge on any atom is -0.457 e. The van der Waals surface area contributed by atoms with Crippen LogP contribution in [0.1, 0.15) is 228 Å². The zero-order chi connectivity index (χ0) is 92.6. The zero-order valence-corrected chi connectivity index (χ0v) is 80.8. The summed E-state index contributed by atoms with van der Waals surface area (Å²) in [5.41, 5.74) is 2.18. The van der Waals surface area contributed by atoms with Crippen LogP contribution in [-0.4, -0.2) is 108 Å². The van der Waals surface area contributed by atoms with Gasteiger partial charge in [-0.05, 0) is 403 Å². The molecule has 132 heavy (non-hydrogen) atoms. The molecule has 24 nitrogen and oxygen atoms in total. The van der Waals surface area contributed by atoms with Gasteiger partial charge in [0, 0.05) is 51.6 Å². The lowest BCUT2D eigenvalue weighted by Crippen LogP contribution is -2.47. The highest BCUT2D eigenvalue weighted by atomic mass is 32.3. The van der Waals surface area contributed by atoms with Crippen molar-refractivity contribution in [3.05, 3.63) is 156 Å². The molecule has 32 heteroatoms. The molecule has 6 aromatic rings. The molecule has 0 saturated heterocycles. The third-order valence-electron chi connectivity index (χ3n) is 31.5. The van der Waals surface area contributed by atoms with E-state index >= 15 is 0 Å². The fourth-order valence-corrected chi connectivity index (χ4v) is 41.1. The van der Waals surface area contributed by atoms with Crippen LogP contribution >= 0.6 is 20.6 Å². The van der Waals surface area contributed by atoms with E-state index in [4.69, 9.17) is 45.2 Å². The Hall–Kier alpha value is -7.40. The summed E-state index contributed by atoms with van der Waals surface area (Å²) in [5, 5.41) is 0. The number of ether oxygens (including phenoxy) is 8. The van der Waals surface area contributed by atoms with E-state index in [9.17, 15) is 61.9 Å². The second kappa shape index (κ2) is 39.6. The minimum absolute atomic E-state index is 0.00423. The van der Waals surface area contributed by atoms with Gasteiger partial charge in [-0.25, -0.2) is 7.26 Å². The number of carbonyl (C=O) groups is 4. The average molecular weight is 1940 g/mol. The maximum Gasteiger partial charge on any atom is 0.309 e. The first-order chi connectivity index (χ1) is 63.1. The van der Waals surface area contributed by atoms with Crippen molar-refractivity contribution in [3.8, 4) is 23.0 Å². The summed E-state index contributed by atoms with van der Waals surface area (Å²) in [6.45, 7) is 5.84. The van der Waals surface area contributed by atoms with Gasteiger partial charge >= 0.3 is 23.9 Å². The van der Waals surface area contributed by atoms with Crippen LogP contribution in [-0.2, 0) is 94.6 Å². The van der Waals surface area contributed by atoms with Crippen molar-refractivity contribution in [1.29, 1.82) is 0 Å². The summed E-state index contributed by atoms with van der Waals surface area (Å²) < 4.78 is 197. The first kappa shape index (κ1) is 96.3. The van der Waals surface area contributed by atoms with Crippen molar-refractivity contribution in [2.75, 3.05) is 50.2 Å². The van der Waals surface area contributed by atoms with Gasteiger partial charge in [0.15, 0.2) is 0 Å². The van der Waals surface area contributed by atoms with Crippen molar-refractivity contribution in [1.82, 2.24) is 0 Å². The van der Waals surface area contributed by atoms with Gasteiger partial charge in [0.2, 0.25) is 27.2 Å². The maximum atomic E-state index is 14.3. The molecule has 0 aromatic heterocycles. The molecule has 0 unspecified atom stereocenters. The van der Waals surface area contributed by atoms with Crippen molar-refractivity contribution in [2.24, 2.45) is 92.7 Å². The molecule has 0 heterocycles. The average Bonchev–Trinajstić information content (AvgIpc) is 0.717. The Morgan fingerprint density at radius 3 is 0.674 bits per heavy atom. The normalized spacial score (nSPS) is 29.8. The summed E-state index contributed by atoms with van der Waals surface area (Å²) in [4.78, 5) is 56.5. The molecule has 6 aromatic carbocycles. The molecular weight excluding hydrogens is 1820 g/mol. The summed E-state index contributed by atoms with van der Waals surface area (Å²) in [5.74, 6) is 6.07. The molecule has 22 rings (SSSR count). The Balaban J connectivity index is 0.000000184. The van der Waals surface area contributed by atoms with E-state index in [0.717, 1.165) is 77.0 Å². The Bertz CT molecular complexity index is 4960. The molecule has 16 aliphatic carbocycles. The lowest BCUT2D eigenvalue weighted by atomic mass is 9.49. The molecule has 720 valence electrons. The molecule has 0 atom stereocenters. The SMILES string of the molecule is Cc1c(OCOC(=O)CC23CC4CC(CC(C4)C2)C3)cccc1S(OS(=O)(=O)CCCCS(=O)(=O)OF)(c1ccccc1)c1cccc(OCOC(=O)CC23CC4CC(CC(C4)C2)C3)c1C.Cc1c(OCOC(=O)CC23CC4CC(CC(C4)C2)C3)cccc1S(OS(=O)(=O)CCCCS(=O)(=O)OF)(c1ccccc1)c1cccc(OCOC(=O)CC23CC4CC(CC(C4)C2)C3)c1C. The fraction of sp³-hybridized carbons (Fsp3) is 0.600. The van der Waals surface area contributed by atoms with E-state index < -0.39 is 84.1 Å². The van der Waals surface area contributed by atoms with Crippen molar-refractivity contribution in [3.63, 3.8) is 0 Å². The van der Waals surface area contributed by atoms with Gasteiger partial charge in [-0.2, -0.15) is 33.7 Å². The first-order valence-electron chi connectivity index (χ1n) is 47.3. The van der Waals surface area contributed by atoms with E-state index in [1.54, 1.807) is 149 Å². The number of hydrogen-bond donors (Lipinski definition) is 0. The van der Waals surface area contributed by atoms with E-state index in [1.165, 1.54) is 77.0 Å². The van der Waals surface area contributed by atoms with Gasteiger partial charge in [0.1, 0.15) is 23.0 Å². The minimum atomic E-state index is -4.48. The van der Waals surface area contributed by atoms with Crippen LogP contribution in [0.15, 0.2) is 163 Å². The van der Waals surface area contributed by atoms with Crippen molar-refractivity contribution >= 4 is 85.0 Å². The summed E-state index contributed by atoms with van der Waals surface area (Å²) >= 11 is 0. The number of halogens is 2. The molecule has 0 amide bonds. The topological polar surface area (TPSA) is 316 Å². The number of benzene rings is 6. The van der Waals surface area contributed by atoms with Crippen LogP contribution in [0, 0.1) is 120 Å². The van der Waals surface area contributed by atoms with Crippen molar-refractivity contribution in [2.45, 2.75) is 263 Å². The lowest BCUT2D eigenvalue weighted by molar-refractivity contribution is -0.159. The number of hydrogen-bond acceptors (Lipinski definition) is 24. The summed E-state index contributed by atoms with van der Waals surface area (Å²) in [6, 6.07) is 38.9. The fourth-order valence-electron chi connectivity index (χ4n) is 28.1. The molecule has 16 aliphatic rings. The molecule has 16 saturated carbocycles. The standard InChI is InChI=1S/2C50H63FO12S3/c2*1-34-43(58-32-60-47(52)30-49-24-36-18-37(25-49)20-38(19-36)26-49)12-8-14-45(34)66(42-10-4-3-5-11-42,63-65(56,57)17-7-6-16-64(54,55)62-51)46-15-9-13-44(35(46)2)59-33-61-48(53)31-50-27-39-21-40(28-50)23-41(22-39)29-50/h2*3-5,8-15,36-41H,6-7,16-33H2,1-2H3. The van der Waals surface area contributed by atoms with Gasteiger partial charge in [0.05, 0.1) is 48.7 Å². The second-order valence-corrected chi connectivity index (χ2v) is 53.8. The lowest BCUT2D eigenvalue weighted by Gasteiger charge is -2.56. The van der Waals surface area contributed by atoms with E-state index in [2.05, 4.69) is 8.78 Å². The van der Waals surface area contributed by atoms with Gasteiger partial charge < -0.3 is 37.9 Å². The summed E-state index contributed by atoms with van der Waals surface area (Å²) in [7, 11) is -24.4. The largest absolute Gasteiger partial charge is 0.457 e. The third kappa shape index (κ3) is 21.8. The second-order valence-electron chi connectivity index (χ2n) is 41.5. The highest BCUT2D eigenvalue weighted by Crippen LogP contribution is 2.75. The van der Waals surface area contributed by atoms with Gasteiger partial charge in [-0.1, -0.05) is 69.4 Å². The van der Waals surface area contributed by atoms with E-state index in [-0.39, 0.29) is 98.4 Å². The highest BCUT2D eigenvalue weighted by Gasteiger charge is 2.57. The van der Waals surface area contributed by atoms with Crippen LogP contribution < -0.4 is 18.9 Å². The monoisotopic (exact) mass is 1940 g/mol. The molecule has 0 radical (unpaired) electrons. The molecule has 0 spiro atoms. The molecule has 16 fully saturated rings. The Morgan fingerprint density at radius 1 is 0.280 bits per heavy atom. The Labute approximate surface area is 779 Å². The number of esters is 4. The predicted octanol–water partition coefficient (Wildman–Crippen LogP) is 21.7. The first-order valence-corrected chi connectivity index (χ1v) is 56.8. The van der Waals surface area contributed by atoms with Crippen LogP contribution in [0.3, 0.4) is 0 Å². The molecular formula is C100H126F2O24S6. The van der Waals surface area contributed by atoms with E-state index in [0.29, 0.717) is 171 Å². The summed E-state index contributed by atoms with van der Waals surface area (Å²) in [6.07, 6.45) is 29.0. The third-order valence-corrected chi connectivity index (χ3v) is 44.4. The highest BCUT2D eigenvalue weighted by molar-refractivity contribution is 8.33. The van der Waals surface area contributed by atoms with Gasteiger partial charge in [-0.15, -0.1) is 0 Å². The number of rotatable bonds is 42. The van der Waals surface area contributed by atoms with Gasteiger partial charge in [0.25, 0.3) is 40.5 Å². The number of unbranched alkanes of at least 4 members (excludes halogenated alkanes) is 2. The van der Waals surface area contributed by atoms with Crippen LogP contribution in [0.5, 0.6) is 23.0 Å². The molecule has 16 bridgehead atoms. The van der Waals surface area contributed by atoms with Gasteiger partial charge in [-0.3, -0.25) is 19.2 Å². The number of carbonyl (C=O) groups excluding carboxylic acids is 4. The molecule has 0 N–H and O–H groups in total. The maximum absolute atomic E-state index is 14.3. The Morgan fingerprint density at radius 2 is 0.477 bits per heavy atom. The van der Waals surface area contributed by atoms with Crippen molar-refractivity contribution < 1.29 is 116 Å². The van der Waals surface area contributed by atoms with Crippen LogP contribution in [0.2, 0.25) is 0 Å². The predicted molar refractivity (Wildman–Crippen MR) is 490 cm³/mol. The quantitative estimate of drug-likeness (QED) is 0.0149. The van der Waals surface area contributed by atoms with Crippen LogP contribution in [0.4, 0.5) is 9.05 Å². The smallest absolute Gasteiger partial charge is 0.309 e. The molecule has 0 aliphatic heterocycles. The van der Waals surface area contributed by atoms with E-state index in [1.807, 2.05) is 12.1 Å².